The van der Waals surface area contributed by atoms with Crippen molar-refractivity contribution in [1.29, 1.82) is 0 Å². The van der Waals surface area contributed by atoms with Gasteiger partial charge in [-0.1, -0.05) is 36.7 Å². The second-order valence-corrected chi connectivity index (χ2v) is 3.65. The number of rotatable bonds is 5. The Morgan fingerprint density at radius 3 is 2.93 bits per heavy atom. The van der Waals surface area contributed by atoms with Crippen LogP contribution in [0.15, 0.2) is 24.3 Å². The van der Waals surface area contributed by atoms with E-state index in [9.17, 15) is 4.39 Å². The van der Waals surface area contributed by atoms with Gasteiger partial charge in [0.1, 0.15) is 5.82 Å². The summed E-state index contributed by atoms with van der Waals surface area (Å²) >= 11 is 5.65. The fourth-order valence-corrected chi connectivity index (χ4v) is 1.37. The van der Waals surface area contributed by atoms with E-state index in [1.165, 1.54) is 6.07 Å². The minimum atomic E-state index is -0.276. The van der Waals surface area contributed by atoms with Gasteiger partial charge in [0.15, 0.2) is 0 Å². The van der Waals surface area contributed by atoms with Crippen LogP contribution in [-0.4, -0.2) is 13.1 Å². The molecule has 0 aromatic heterocycles. The van der Waals surface area contributed by atoms with E-state index in [2.05, 4.69) is 12.2 Å². The van der Waals surface area contributed by atoms with Crippen LogP contribution in [0.25, 0.3) is 6.08 Å². The first-order valence-electron chi connectivity index (χ1n) is 5.06. The first kappa shape index (κ1) is 12.2. The summed E-state index contributed by atoms with van der Waals surface area (Å²) in [5, 5.41) is 3.62. The third-order valence-corrected chi connectivity index (χ3v) is 2.23. The molecule has 0 heterocycles. The first-order valence-corrected chi connectivity index (χ1v) is 5.44. The number of halogens is 2. The predicted molar refractivity (Wildman–Crippen MR) is 63.6 cm³/mol. The third-order valence-electron chi connectivity index (χ3n) is 2.00. The van der Waals surface area contributed by atoms with E-state index in [1.54, 1.807) is 18.2 Å². The van der Waals surface area contributed by atoms with Crippen LogP contribution in [-0.2, 0) is 0 Å². The van der Waals surface area contributed by atoms with Gasteiger partial charge >= 0.3 is 0 Å². The van der Waals surface area contributed by atoms with Crippen molar-refractivity contribution in [1.82, 2.24) is 5.32 Å². The Morgan fingerprint density at radius 1 is 1.47 bits per heavy atom. The summed E-state index contributed by atoms with van der Waals surface area (Å²) < 4.78 is 13.3. The molecule has 0 bridgehead atoms. The van der Waals surface area contributed by atoms with E-state index in [0.717, 1.165) is 19.5 Å². The molecule has 0 saturated heterocycles. The molecule has 1 aromatic rings. The van der Waals surface area contributed by atoms with E-state index in [0.29, 0.717) is 10.6 Å². The van der Waals surface area contributed by atoms with Crippen LogP contribution < -0.4 is 5.32 Å². The van der Waals surface area contributed by atoms with E-state index in [1.807, 2.05) is 6.08 Å². The summed E-state index contributed by atoms with van der Waals surface area (Å²) in [6, 6.07) is 4.70. The lowest BCUT2D eigenvalue weighted by atomic mass is 10.2. The Bertz CT molecular complexity index is 336. The summed E-state index contributed by atoms with van der Waals surface area (Å²) in [5.74, 6) is -0.276. The van der Waals surface area contributed by atoms with E-state index < -0.39 is 0 Å². The van der Waals surface area contributed by atoms with Crippen molar-refractivity contribution in [3.8, 4) is 0 Å². The Morgan fingerprint density at radius 2 is 2.27 bits per heavy atom. The van der Waals surface area contributed by atoms with Crippen molar-refractivity contribution < 1.29 is 4.39 Å². The van der Waals surface area contributed by atoms with Crippen LogP contribution in [0.3, 0.4) is 0 Å². The Hall–Kier alpha value is -0.860. The fraction of sp³-hybridized carbons (Fsp3) is 0.333. The molecule has 1 aromatic carbocycles. The molecule has 0 spiro atoms. The van der Waals surface area contributed by atoms with Gasteiger partial charge in [-0.05, 0) is 31.6 Å². The Labute approximate surface area is 95.0 Å². The molecule has 0 aliphatic heterocycles. The monoisotopic (exact) mass is 227 g/mol. The van der Waals surface area contributed by atoms with Crippen LogP contribution in [0, 0.1) is 5.82 Å². The van der Waals surface area contributed by atoms with Crippen molar-refractivity contribution in [2.45, 2.75) is 13.3 Å². The molecule has 0 aliphatic rings. The Kier molecular flexibility index (Phi) is 5.37. The van der Waals surface area contributed by atoms with Crippen molar-refractivity contribution in [3.05, 3.63) is 40.7 Å². The van der Waals surface area contributed by atoms with Gasteiger partial charge in [-0.25, -0.2) is 4.39 Å². The minimum absolute atomic E-state index is 0.276. The molecule has 0 aliphatic carbocycles. The molecule has 0 saturated carbocycles. The van der Waals surface area contributed by atoms with Gasteiger partial charge in [0.25, 0.3) is 0 Å². The molecule has 1 N–H and O–H groups in total. The summed E-state index contributed by atoms with van der Waals surface area (Å²) in [5.41, 5.74) is 0.580. The van der Waals surface area contributed by atoms with Gasteiger partial charge in [-0.3, -0.25) is 0 Å². The fourth-order valence-electron chi connectivity index (χ4n) is 1.21. The second-order valence-electron chi connectivity index (χ2n) is 3.21. The average molecular weight is 228 g/mol. The summed E-state index contributed by atoms with van der Waals surface area (Å²) in [6.07, 6.45) is 4.63. The molecule has 1 rings (SSSR count). The Balaban J connectivity index is 2.49. The number of benzene rings is 1. The quantitative estimate of drug-likeness (QED) is 0.760. The number of hydrogen-bond donors (Lipinski definition) is 1. The lowest BCUT2D eigenvalue weighted by molar-refractivity contribution is 0.625. The average Bonchev–Trinajstić information content (AvgIpc) is 2.20. The predicted octanol–water partition coefficient (Wildman–Crippen LogP) is 3.49. The van der Waals surface area contributed by atoms with E-state index in [-0.39, 0.29) is 5.82 Å². The zero-order chi connectivity index (χ0) is 11.1. The summed E-state index contributed by atoms with van der Waals surface area (Å²) in [4.78, 5) is 0. The molecule has 1 nitrogen and oxygen atoms in total. The molecule has 82 valence electrons. The van der Waals surface area contributed by atoms with E-state index in [4.69, 9.17) is 11.6 Å². The zero-order valence-electron chi connectivity index (χ0n) is 8.76. The highest BCUT2D eigenvalue weighted by Gasteiger charge is 1.98. The maximum absolute atomic E-state index is 13.3. The molecule has 0 atom stereocenters. The largest absolute Gasteiger partial charge is 0.317 e. The SMILES string of the molecule is CCNCCC=Cc1ccc(Cl)cc1F. The van der Waals surface area contributed by atoms with Crippen LogP contribution in [0.2, 0.25) is 5.02 Å². The maximum atomic E-state index is 13.3. The van der Waals surface area contributed by atoms with E-state index >= 15 is 0 Å². The highest BCUT2D eigenvalue weighted by Crippen LogP contribution is 2.15. The molecule has 0 fully saturated rings. The van der Waals surface area contributed by atoms with Crippen molar-refractivity contribution in [2.75, 3.05) is 13.1 Å². The zero-order valence-corrected chi connectivity index (χ0v) is 9.52. The van der Waals surface area contributed by atoms with Gasteiger partial charge in [0, 0.05) is 10.6 Å². The van der Waals surface area contributed by atoms with Gasteiger partial charge < -0.3 is 5.32 Å². The molecule has 0 amide bonds. The maximum Gasteiger partial charge on any atom is 0.131 e. The lowest BCUT2D eigenvalue weighted by Crippen LogP contribution is -2.12. The number of hydrogen-bond acceptors (Lipinski definition) is 1. The van der Waals surface area contributed by atoms with Crippen molar-refractivity contribution in [2.24, 2.45) is 0 Å². The lowest BCUT2D eigenvalue weighted by Gasteiger charge is -1.98. The highest BCUT2D eigenvalue weighted by atomic mass is 35.5. The standard InChI is InChI=1S/C12H15ClFN/c1-2-15-8-4-3-5-10-6-7-11(13)9-12(10)14/h3,5-7,9,15H,2,4,8H2,1H3. The van der Waals surface area contributed by atoms with Crippen molar-refractivity contribution >= 4 is 17.7 Å². The molecular formula is C12H15ClFN. The van der Waals surface area contributed by atoms with Crippen LogP contribution in [0.1, 0.15) is 18.9 Å². The highest BCUT2D eigenvalue weighted by molar-refractivity contribution is 6.30. The smallest absolute Gasteiger partial charge is 0.131 e. The molecule has 0 unspecified atom stereocenters. The molecule has 0 radical (unpaired) electrons. The van der Waals surface area contributed by atoms with Gasteiger partial charge in [0.05, 0.1) is 0 Å². The second kappa shape index (κ2) is 6.59. The van der Waals surface area contributed by atoms with Crippen LogP contribution >= 0.6 is 11.6 Å². The van der Waals surface area contributed by atoms with Gasteiger partial charge in [0.2, 0.25) is 0 Å². The summed E-state index contributed by atoms with van der Waals surface area (Å²) in [7, 11) is 0. The topological polar surface area (TPSA) is 12.0 Å². The van der Waals surface area contributed by atoms with Crippen molar-refractivity contribution in [3.63, 3.8) is 0 Å². The molecular weight excluding hydrogens is 213 g/mol. The molecule has 15 heavy (non-hydrogen) atoms. The number of nitrogens with one attached hydrogen (secondary N) is 1. The first-order chi connectivity index (χ1) is 7.24. The third kappa shape index (κ3) is 4.45. The minimum Gasteiger partial charge on any atom is -0.317 e. The molecule has 3 heteroatoms. The van der Waals surface area contributed by atoms with Crippen LogP contribution in [0.4, 0.5) is 4.39 Å². The van der Waals surface area contributed by atoms with Gasteiger partial charge in [-0.2, -0.15) is 0 Å². The summed E-state index contributed by atoms with van der Waals surface area (Å²) in [6.45, 7) is 3.94. The van der Waals surface area contributed by atoms with Crippen LogP contribution in [0.5, 0.6) is 0 Å². The van der Waals surface area contributed by atoms with Gasteiger partial charge in [-0.15, -0.1) is 0 Å². The normalized spacial score (nSPS) is 11.1.